The number of alkyl halides is 7. The molecule has 0 amide bonds. The number of hydrogen-bond donors (Lipinski definition) is 0. The van der Waals surface area contributed by atoms with Gasteiger partial charge in [0.15, 0.2) is 6.61 Å². The zero-order valence-electron chi connectivity index (χ0n) is 14.1. The van der Waals surface area contributed by atoms with E-state index in [1.54, 1.807) is 0 Å². The quantitative estimate of drug-likeness (QED) is 0.273. The highest BCUT2D eigenvalue weighted by Gasteiger charge is 2.73. The third kappa shape index (κ3) is 8.22. The smallest absolute Gasteiger partial charge is 0.460 e. The number of carbonyl (C=O) groups excluding carboxylic acids is 2. The first-order valence-electron chi connectivity index (χ1n) is 7.98. The molecule has 0 spiro atoms. The van der Waals surface area contributed by atoms with Gasteiger partial charge in [-0.15, -0.1) is 0 Å². The van der Waals surface area contributed by atoms with Crippen molar-refractivity contribution in [3.63, 3.8) is 0 Å². The molecule has 0 aliphatic carbocycles. The molecule has 154 valence electrons. The molecule has 0 aliphatic rings. The molecule has 0 aliphatic heterocycles. The second kappa shape index (κ2) is 10.6. The highest BCUT2D eigenvalue weighted by atomic mass is 19.4. The molecule has 0 aromatic carbocycles. The van der Waals surface area contributed by atoms with E-state index < -0.39 is 49.4 Å². The molecule has 0 fully saturated rings. The number of esters is 2. The van der Waals surface area contributed by atoms with Crippen molar-refractivity contribution in [3.05, 3.63) is 0 Å². The van der Waals surface area contributed by atoms with E-state index in [1.807, 2.05) is 6.92 Å². The fourth-order valence-electron chi connectivity index (χ4n) is 1.71. The predicted molar refractivity (Wildman–Crippen MR) is 75.9 cm³/mol. The minimum atomic E-state index is -6.50. The first-order chi connectivity index (χ1) is 11.8. The van der Waals surface area contributed by atoms with Gasteiger partial charge in [0.1, 0.15) is 0 Å². The largest absolute Gasteiger partial charge is 0.466 e. The summed E-state index contributed by atoms with van der Waals surface area (Å²) in [5, 5.41) is 0. The normalized spacial score (nSPS) is 12.8. The van der Waals surface area contributed by atoms with Crippen LogP contribution in [0.3, 0.4) is 0 Å². The first-order valence-corrected chi connectivity index (χ1v) is 7.98. The van der Waals surface area contributed by atoms with Crippen LogP contribution in [-0.2, 0) is 19.1 Å². The average Bonchev–Trinajstić information content (AvgIpc) is 2.53. The number of hydrogen-bond acceptors (Lipinski definition) is 4. The minimum Gasteiger partial charge on any atom is -0.466 e. The summed E-state index contributed by atoms with van der Waals surface area (Å²) in [7, 11) is 0. The fourth-order valence-corrected chi connectivity index (χ4v) is 1.71. The fraction of sp³-hybridized carbons (Fsp3) is 0.867. The van der Waals surface area contributed by atoms with Crippen molar-refractivity contribution in [2.45, 2.75) is 69.9 Å². The lowest BCUT2D eigenvalue weighted by atomic mass is 10.2. The minimum absolute atomic E-state index is 0.105. The Morgan fingerprint density at radius 2 is 1.27 bits per heavy atom. The summed E-state index contributed by atoms with van der Waals surface area (Å²) in [5.74, 6) is -14.3. The molecule has 0 saturated heterocycles. The van der Waals surface area contributed by atoms with Gasteiger partial charge in [0.25, 0.3) is 0 Å². The Labute approximate surface area is 146 Å². The van der Waals surface area contributed by atoms with Crippen molar-refractivity contribution < 1.29 is 49.8 Å². The second-order valence-electron chi connectivity index (χ2n) is 5.57. The molecular formula is C15H21F7O4. The Morgan fingerprint density at radius 1 is 0.769 bits per heavy atom. The first kappa shape index (κ1) is 24.5. The summed E-state index contributed by atoms with van der Waals surface area (Å²) in [6.07, 6.45) is -3.34. The second-order valence-corrected chi connectivity index (χ2v) is 5.57. The highest BCUT2D eigenvalue weighted by Crippen LogP contribution is 2.46. The van der Waals surface area contributed by atoms with Gasteiger partial charge in [0, 0.05) is 0 Å². The molecular weight excluding hydrogens is 377 g/mol. The van der Waals surface area contributed by atoms with E-state index in [9.17, 15) is 40.3 Å². The van der Waals surface area contributed by atoms with E-state index in [-0.39, 0.29) is 6.61 Å². The van der Waals surface area contributed by atoms with E-state index in [4.69, 9.17) is 4.74 Å². The van der Waals surface area contributed by atoms with Crippen molar-refractivity contribution in [3.8, 4) is 0 Å². The number of rotatable bonds is 12. The summed E-state index contributed by atoms with van der Waals surface area (Å²) in [6.45, 7) is -0.322. The van der Waals surface area contributed by atoms with Crippen LogP contribution in [0.25, 0.3) is 0 Å². The van der Waals surface area contributed by atoms with Crippen molar-refractivity contribution in [1.29, 1.82) is 0 Å². The van der Waals surface area contributed by atoms with Crippen LogP contribution in [0.4, 0.5) is 30.7 Å². The van der Waals surface area contributed by atoms with E-state index in [0.717, 1.165) is 25.7 Å². The van der Waals surface area contributed by atoms with Gasteiger partial charge in [-0.3, -0.25) is 9.59 Å². The molecule has 0 aromatic rings. The van der Waals surface area contributed by atoms with Gasteiger partial charge in [-0.05, 0) is 6.42 Å². The van der Waals surface area contributed by atoms with Crippen molar-refractivity contribution in [2.24, 2.45) is 0 Å². The van der Waals surface area contributed by atoms with Gasteiger partial charge in [-0.25, -0.2) is 0 Å². The lowest BCUT2D eigenvalue weighted by Gasteiger charge is -2.27. The van der Waals surface area contributed by atoms with Crippen LogP contribution in [0.2, 0.25) is 0 Å². The molecule has 0 atom stereocenters. The maximum Gasteiger partial charge on any atom is 0.460 e. The van der Waals surface area contributed by atoms with E-state index in [0.29, 0.717) is 6.42 Å². The Balaban J connectivity index is 4.11. The molecule has 0 rings (SSSR count). The molecule has 0 saturated carbocycles. The standard InChI is InChI=1S/C15H21F7O4/c1-2-3-4-5-6-9-25-11(23)7-8-12(24)26-10-13(16,17)14(18,19)15(20,21)22/h2-10H2,1H3. The lowest BCUT2D eigenvalue weighted by molar-refractivity contribution is -0.359. The van der Waals surface area contributed by atoms with Crippen LogP contribution >= 0.6 is 0 Å². The molecule has 26 heavy (non-hydrogen) atoms. The van der Waals surface area contributed by atoms with Gasteiger partial charge in [0.2, 0.25) is 0 Å². The third-order valence-electron chi connectivity index (χ3n) is 3.27. The van der Waals surface area contributed by atoms with Gasteiger partial charge in [-0.2, -0.15) is 30.7 Å². The van der Waals surface area contributed by atoms with Crippen LogP contribution in [0.15, 0.2) is 0 Å². The lowest BCUT2D eigenvalue weighted by Crippen LogP contribution is -2.54. The molecule has 0 aromatic heterocycles. The van der Waals surface area contributed by atoms with Crippen molar-refractivity contribution in [2.75, 3.05) is 13.2 Å². The summed E-state index contributed by atoms with van der Waals surface area (Å²) in [5.41, 5.74) is 0. The van der Waals surface area contributed by atoms with Gasteiger partial charge < -0.3 is 9.47 Å². The molecule has 4 nitrogen and oxygen atoms in total. The van der Waals surface area contributed by atoms with E-state index in [1.165, 1.54) is 0 Å². The number of ether oxygens (including phenoxy) is 2. The molecule has 0 heterocycles. The third-order valence-corrected chi connectivity index (χ3v) is 3.27. The van der Waals surface area contributed by atoms with Crippen LogP contribution in [0.1, 0.15) is 51.9 Å². The Hall–Kier alpha value is -1.55. The summed E-state index contributed by atoms with van der Waals surface area (Å²) in [6, 6.07) is 0. The van der Waals surface area contributed by atoms with E-state index in [2.05, 4.69) is 4.74 Å². The molecule has 0 unspecified atom stereocenters. The summed E-state index contributed by atoms with van der Waals surface area (Å²) in [4.78, 5) is 22.4. The predicted octanol–water partition coefficient (Wildman–Crippen LogP) is 4.66. The zero-order chi connectivity index (χ0) is 20.4. The SMILES string of the molecule is CCCCCCCOC(=O)CCC(=O)OCC(F)(F)C(F)(F)C(F)(F)F. The monoisotopic (exact) mass is 398 g/mol. The van der Waals surface area contributed by atoms with Gasteiger partial charge in [0.05, 0.1) is 19.4 Å². The highest BCUT2D eigenvalue weighted by molar-refractivity contribution is 5.77. The van der Waals surface area contributed by atoms with Gasteiger partial charge >= 0.3 is 30.0 Å². The van der Waals surface area contributed by atoms with Crippen molar-refractivity contribution in [1.82, 2.24) is 0 Å². The summed E-state index contributed by atoms with van der Waals surface area (Å²) < 4.78 is 95.2. The van der Waals surface area contributed by atoms with Gasteiger partial charge in [-0.1, -0.05) is 32.6 Å². The number of unbranched alkanes of at least 4 members (excludes halogenated alkanes) is 4. The summed E-state index contributed by atoms with van der Waals surface area (Å²) >= 11 is 0. The van der Waals surface area contributed by atoms with Crippen LogP contribution in [0.5, 0.6) is 0 Å². The zero-order valence-corrected chi connectivity index (χ0v) is 14.1. The average molecular weight is 398 g/mol. The molecule has 0 bridgehead atoms. The Bertz CT molecular complexity index is 450. The van der Waals surface area contributed by atoms with Crippen LogP contribution < -0.4 is 0 Å². The van der Waals surface area contributed by atoms with E-state index >= 15 is 0 Å². The number of carbonyl (C=O) groups is 2. The molecule has 0 N–H and O–H groups in total. The maximum atomic E-state index is 12.9. The topological polar surface area (TPSA) is 52.6 Å². The van der Waals surface area contributed by atoms with Crippen LogP contribution in [0, 0.1) is 0 Å². The Morgan fingerprint density at radius 3 is 1.77 bits per heavy atom. The van der Waals surface area contributed by atoms with Crippen LogP contribution in [-0.4, -0.2) is 43.2 Å². The molecule has 11 heteroatoms. The maximum absolute atomic E-state index is 12.9. The number of halogens is 7. The van der Waals surface area contributed by atoms with Crippen molar-refractivity contribution >= 4 is 11.9 Å². The molecule has 0 radical (unpaired) electrons. The Kier molecular flexibility index (Phi) is 9.93.